The minimum atomic E-state index is -1.10. The second kappa shape index (κ2) is 12.7. The quantitative estimate of drug-likeness (QED) is 0.121. The Labute approximate surface area is 232 Å². The molecule has 1 N–H and O–H groups in total. The van der Waals surface area contributed by atoms with Gasteiger partial charge in [0, 0.05) is 30.5 Å². The fraction of sp³-hybridized carbons (Fsp3) is 0.188. The van der Waals surface area contributed by atoms with Crippen molar-refractivity contribution in [3.63, 3.8) is 0 Å². The first-order valence-corrected chi connectivity index (χ1v) is 12.7. The molecule has 0 spiro atoms. The van der Waals surface area contributed by atoms with Crippen molar-refractivity contribution in [2.75, 3.05) is 14.2 Å². The molecule has 0 saturated carbocycles. The molecule has 0 unspecified atom stereocenters. The van der Waals surface area contributed by atoms with Gasteiger partial charge in [-0.15, -0.1) is 0 Å². The number of carbonyl (C=O) groups excluding carboxylic acids is 2. The number of hydrogen-bond donors (Lipinski definition) is 1. The predicted molar refractivity (Wildman–Crippen MR) is 151 cm³/mol. The molecule has 8 nitrogen and oxygen atoms in total. The van der Waals surface area contributed by atoms with Gasteiger partial charge in [0.1, 0.15) is 11.8 Å². The van der Waals surface area contributed by atoms with E-state index >= 15 is 0 Å². The van der Waals surface area contributed by atoms with E-state index in [1.807, 2.05) is 91.0 Å². The number of ether oxygens (including phenoxy) is 2. The number of nitrogens with one attached hydrogen (secondary N) is 1. The van der Waals surface area contributed by atoms with E-state index in [1.54, 1.807) is 0 Å². The van der Waals surface area contributed by atoms with Crippen LogP contribution >= 0.6 is 0 Å². The second-order valence-electron chi connectivity index (χ2n) is 9.28. The lowest BCUT2D eigenvalue weighted by Gasteiger charge is -2.36. The van der Waals surface area contributed by atoms with E-state index in [4.69, 9.17) is 9.47 Å². The highest BCUT2D eigenvalue weighted by Crippen LogP contribution is 2.42. The van der Waals surface area contributed by atoms with E-state index in [9.17, 15) is 19.7 Å². The second-order valence-corrected chi connectivity index (χ2v) is 9.28. The molecular weight excluding hydrogens is 508 g/mol. The summed E-state index contributed by atoms with van der Waals surface area (Å²) in [5.41, 5.74) is 2.12. The average Bonchev–Trinajstić information content (AvgIpc) is 3.00. The molecule has 0 aliphatic rings. The maximum atomic E-state index is 13.9. The molecule has 0 radical (unpaired) electrons. The van der Waals surface area contributed by atoms with Crippen LogP contribution in [0.4, 0.5) is 5.69 Å². The van der Waals surface area contributed by atoms with Crippen LogP contribution in [0.3, 0.4) is 0 Å². The summed E-state index contributed by atoms with van der Waals surface area (Å²) in [4.78, 5) is 37.6. The number of nitro benzene ring substituents is 1. The van der Waals surface area contributed by atoms with Crippen LogP contribution in [-0.2, 0) is 26.2 Å². The summed E-state index contributed by atoms with van der Waals surface area (Å²) in [6.07, 6.45) is -0.0666. The van der Waals surface area contributed by atoms with Crippen molar-refractivity contribution in [1.82, 2.24) is 5.32 Å². The van der Waals surface area contributed by atoms with Crippen LogP contribution in [-0.4, -0.2) is 37.1 Å². The van der Waals surface area contributed by atoms with Gasteiger partial charge in [-0.05, 0) is 22.8 Å². The highest BCUT2D eigenvalue weighted by atomic mass is 16.6. The van der Waals surface area contributed by atoms with Crippen molar-refractivity contribution in [2.24, 2.45) is 0 Å². The lowest BCUT2D eigenvalue weighted by atomic mass is 9.67. The van der Waals surface area contributed by atoms with Crippen LogP contribution in [0.2, 0.25) is 0 Å². The van der Waals surface area contributed by atoms with Crippen molar-refractivity contribution in [3.05, 3.63) is 142 Å². The van der Waals surface area contributed by atoms with Gasteiger partial charge >= 0.3 is 5.97 Å². The summed E-state index contributed by atoms with van der Waals surface area (Å²) < 4.78 is 10.4. The van der Waals surface area contributed by atoms with Crippen molar-refractivity contribution in [1.29, 1.82) is 0 Å². The first-order chi connectivity index (χ1) is 19.4. The molecule has 0 heterocycles. The number of carbonyl (C=O) groups is 2. The molecule has 0 aromatic heterocycles. The zero-order valence-electron chi connectivity index (χ0n) is 22.3. The van der Waals surface area contributed by atoms with Gasteiger partial charge in [-0.1, -0.05) is 91.0 Å². The summed E-state index contributed by atoms with van der Waals surface area (Å²) in [6, 6.07) is 32.3. The van der Waals surface area contributed by atoms with Crippen LogP contribution in [0.15, 0.2) is 109 Å². The average molecular weight is 539 g/mol. The molecule has 0 aliphatic heterocycles. The third kappa shape index (κ3) is 6.02. The van der Waals surface area contributed by atoms with Gasteiger partial charge in [0.25, 0.3) is 5.69 Å². The lowest BCUT2D eigenvalue weighted by molar-refractivity contribution is -0.384. The SMILES string of the molecule is COC(=O)[C@H](Cc1cc([N+](=O)[O-])ccc1OC)NC(=O)CC(c1ccccc1)(c1ccccc1)c1ccccc1. The summed E-state index contributed by atoms with van der Waals surface area (Å²) in [5.74, 6) is -0.705. The van der Waals surface area contributed by atoms with Crippen molar-refractivity contribution in [2.45, 2.75) is 24.3 Å². The van der Waals surface area contributed by atoms with E-state index < -0.39 is 28.3 Å². The summed E-state index contributed by atoms with van der Waals surface area (Å²) in [6.45, 7) is 0. The van der Waals surface area contributed by atoms with Gasteiger partial charge in [0.05, 0.1) is 24.6 Å². The van der Waals surface area contributed by atoms with Crippen LogP contribution in [0, 0.1) is 10.1 Å². The number of nitrogens with zero attached hydrogens (tertiary/aromatic N) is 1. The maximum Gasteiger partial charge on any atom is 0.328 e. The Hall–Kier alpha value is -4.98. The number of methoxy groups -OCH3 is 2. The predicted octanol–water partition coefficient (Wildman–Crippen LogP) is 5.23. The molecule has 4 aromatic carbocycles. The van der Waals surface area contributed by atoms with Crippen molar-refractivity contribution >= 4 is 17.6 Å². The Bertz CT molecular complexity index is 1360. The number of benzene rings is 4. The fourth-order valence-electron chi connectivity index (χ4n) is 5.05. The Balaban J connectivity index is 1.74. The first-order valence-electron chi connectivity index (χ1n) is 12.7. The number of non-ortho nitro benzene ring substituents is 1. The van der Waals surface area contributed by atoms with E-state index in [-0.39, 0.29) is 18.5 Å². The largest absolute Gasteiger partial charge is 0.496 e. The van der Waals surface area contributed by atoms with Gasteiger partial charge in [-0.3, -0.25) is 14.9 Å². The standard InChI is InChI=1S/C32H30N2O6/c1-39-29-19-18-27(34(37)38)20-23(29)21-28(31(36)40-2)33-30(35)22-32(24-12-6-3-7-13-24,25-14-8-4-9-15-25)26-16-10-5-11-17-26/h3-20,28H,21-22H2,1-2H3,(H,33,35)/t28-/m0/s1. The van der Waals surface area contributed by atoms with Gasteiger partial charge in [-0.2, -0.15) is 0 Å². The molecular formula is C32H30N2O6. The highest BCUT2D eigenvalue weighted by Gasteiger charge is 2.39. The third-order valence-corrected chi connectivity index (χ3v) is 6.95. The minimum Gasteiger partial charge on any atom is -0.496 e. The Kier molecular flexibility index (Phi) is 8.91. The number of nitro groups is 1. The third-order valence-electron chi connectivity index (χ3n) is 6.95. The Morgan fingerprint density at radius 2 is 1.32 bits per heavy atom. The molecule has 4 rings (SSSR count). The van der Waals surface area contributed by atoms with Crippen molar-refractivity contribution in [3.8, 4) is 5.75 Å². The van der Waals surface area contributed by atoms with E-state index in [0.29, 0.717) is 11.3 Å². The molecule has 0 aliphatic carbocycles. The van der Waals surface area contributed by atoms with Crippen LogP contribution < -0.4 is 10.1 Å². The van der Waals surface area contributed by atoms with Crippen molar-refractivity contribution < 1.29 is 24.0 Å². The summed E-state index contributed by atoms with van der Waals surface area (Å²) in [7, 11) is 2.67. The smallest absolute Gasteiger partial charge is 0.328 e. The van der Waals surface area contributed by atoms with E-state index in [0.717, 1.165) is 16.7 Å². The maximum absolute atomic E-state index is 13.9. The summed E-state index contributed by atoms with van der Waals surface area (Å²) >= 11 is 0. The number of hydrogen-bond acceptors (Lipinski definition) is 6. The highest BCUT2D eigenvalue weighted by molar-refractivity contribution is 5.86. The molecule has 1 amide bonds. The number of rotatable bonds is 11. The number of amides is 1. The molecule has 1 atom stereocenters. The van der Waals surface area contributed by atoms with Crippen LogP contribution in [0.5, 0.6) is 5.75 Å². The number of esters is 1. The minimum absolute atomic E-state index is 0.00932. The fourth-order valence-corrected chi connectivity index (χ4v) is 5.05. The molecule has 0 saturated heterocycles. The zero-order valence-corrected chi connectivity index (χ0v) is 22.3. The Morgan fingerprint density at radius 1 is 0.825 bits per heavy atom. The normalized spacial score (nSPS) is 11.8. The molecule has 0 bridgehead atoms. The van der Waals surface area contributed by atoms with Gasteiger partial charge < -0.3 is 14.8 Å². The molecule has 204 valence electrons. The topological polar surface area (TPSA) is 108 Å². The van der Waals surface area contributed by atoms with Crippen LogP contribution in [0.25, 0.3) is 0 Å². The Morgan fingerprint density at radius 3 is 1.75 bits per heavy atom. The zero-order chi connectivity index (χ0) is 28.5. The van der Waals surface area contributed by atoms with Gasteiger partial charge in [-0.25, -0.2) is 4.79 Å². The molecule has 4 aromatic rings. The molecule has 0 fully saturated rings. The monoisotopic (exact) mass is 538 g/mol. The first kappa shape index (κ1) is 28.0. The van der Waals surface area contributed by atoms with E-state index in [1.165, 1.54) is 32.4 Å². The summed E-state index contributed by atoms with van der Waals surface area (Å²) in [5, 5.41) is 14.2. The molecule has 40 heavy (non-hydrogen) atoms. The van der Waals surface area contributed by atoms with Gasteiger partial charge in [0.2, 0.25) is 5.91 Å². The molecule has 8 heteroatoms. The van der Waals surface area contributed by atoms with E-state index in [2.05, 4.69) is 5.32 Å². The van der Waals surface area contributed by atoms with Crippen LogP contribution in [0.1, 0.15) is 28.7 Å². The lowest BCUT2D eigenvalue weighted by Crippen LogP contribution is -2.46. The van der Waals surface area contributed by atoms with Gasteiger partial charge in [0.15, 0.2) is 0 Å².